The number of carboxylic acids is 1. The maximum absolute atomic E-state index is 13.5. The van der Waals surface area contributed by atoms with Gasteiger partial charge in [-0.1, -0.05) is 12.8 Å². The minimum atomic E-state index is -1.23. The van der Waals surface area contributed by atoms with Crippen LogP contribution in [0.25, 0.3) is 0 Å². The van der Waals surface area contributed by atoms with Gasteiger partial charge in [0.25, 0.3) is 0 Å². The van der Waals surface area contributed by atoms with Crippen molar-refractivity contribution < 1.29 is 19.4 Å². The number of carbonyl (C=O) groups is 1. The lowest BCUT2D eigenvalue weighted by molar-refractivity contribution is 0.0696. The number of benzene rings is 1. The van der Waals surface area contributed by atoms with E-state index < -0.39 is 23.6 Å². The average Bonchev–Trinajstić information content (AvgIpc) is 2.85. The van der Waals surface area contributed by atoms with Crippen molar-refractivity contribution in [2.24, 2.45) is 11.7 Å². The standard InChI is InChI=1S/C13H16FNO3.ClH/c14-10-6-8(13(17)18)5-9(12(10)16)11(15)7-3-1-2-4-7;/h5-7,11,16H,1-4,15H2,(H,17,18);1H/t11-;/m0./s1. The van der Waals surface area contributed by atoms with Gasteiger partial charge < -0.3 is 15.9 Å². The van der Waals surface area contributed by atoms with E-state index >= 15 is 0 Å². The summed E-state index contributed by atoms with van der Waals surface area (Å²) in [5.41, 5.74) is 6.03. The highest BCUT2D eigenvalue weighted by Gasteiger charge is 2.27. The van der Waals surface area contributed by atoms with Crippen LogP contribution in [0.1, 0.15) is 47.6 Å². The molecule has 4 N–H and O–H groups in total. The van der Waals surface area contributed by atoms with Crippen LogP contribution in [0.4, 0.5) is 4.39 Å². The molecular formula is C13H17ClFNO3. The fraction of sp³-hybridized carbons (Fsp3) is 0.462. The van der Waals surface area contributed by atoms with Gasteiger partial charge >= 0.3 is 5.97 Å². The maximum atomic E-state index is 13.5. The summed E-state index contributed by atoms with van der Waals surface area (Å²) in [6.07, 6.45) is 4.00. The summed E-state index contributed by atoms with van der Waals surface area (Å²) < 4.78 is 13.5. The molecule has 1 aromatic carbocycles. The SMILES string of the molecule is Cl.N[C@H](c1cc(C(=O)O)cc(F)c1O)C1CCCC1. The van der Waals surface area contributed by atoms with Crippen LogP contribution >= 0.6 is 12.4 Å². The molecule has 106 valence electrons. The molecule has 1 atom stereocenters. The van der Waals surface area contributed by atoms with E-state index in [0.717, 1.165) is 31.7 Å². The number of nitrogens with two attached hydrogens (primary N) is 1. The first kappa shape index (κ1) is 15.7. The van der Waals surface area contributed by atoms with E-state index in [1.807, 2.05) is 0 Å². The van der Waals surface area contributed by atoms with Crippen molar-refractivity contribution in [1.29, 1.82) is 0 Å². The fourth-order valence-electron chi connectivity index (χ4n) is 2.57. The number of carboxylic acid groups (broad SMARTS) is 1. The summed E-state index contributed by atoms with van der Waals surface area (Å²) in [6.45, 7) is 0. The topological polar surface area (TPSA) is 83.6 Å². The first-order valence-electron chi connectivity index (χ1n) is 6.02. The Morgan fingerprint density at radius 1 is 1.37 bits per heavy atom. The number of aromatic carboxylic acids is 1. The molecule has 1 saturated carbocycles. The lowest BCUT2D eigenvalue weighted by Gasteiger charge is -2.20. The predicted octanol–water partition coefficient (Wildman–Crippen LogP) is 2.84. The highest BCUT2D eigenvalue weighted by molar-refractivity contribution is 5.88. The Morgan fingerprint density at radius 2 is 1.95 bits per heavy atom. The number of hydrogen-bond acceptors (Lipinski definition) is 3. The Balaban J connectivity index is 0.00000180. The number of hydrogen-bond donors (Lipinski definition) is 3. The monoisotopic (exact) mass is 289 g/mol. The van der Waals surface area contributed by atoms with E-state index in [9.17, 15) is 14.3 Å². The van der Waals surface area contributed by atoms with Gasteiger partial charge in [-0.3, -0.25) is 0 Å². The number of halogens is 2. The van der Waals surface area contributed by atoms with Crippen molar-refractivity contribution in [2.45, 2.75) is 31.7 Å². The molecule has 0 aromatic heterocycles. The van der Waals surface area contributed by atoms with Gasteiger partial charge in [0.15, 0.2) is 11.6 Å². The Bertz CT molecular complexity index is 475. The zero-order chi connectivity index (χ0) is 13.3. The normalized spacial score (nSPS) is 16.9. The van der Waals surface area contributed by atoms with Crippen LogP contribution in [0.15, 0.2) is 12.1 Å². The smallest absolute Gasteiger partial charge is 0.335 e. The van der Waals surface area contributed by atoms with Gasteiger partial charge in [0.2, 0.25) is 0 Å². The van der Waals surface area contributed by atoms with Crippen molar-refractivity contribution in [2.75, 3.05) is 0 Å². The predicted molar refractivity (Wildman–Crippen MR) is 71.2 cm³/mol. The van der Waals surface area contributed by atoms with Gasteiger partial charge in [0.05, 0.1) is 5.56 Å². The van der Waals surface area contributed by atoms with Crippen LogP contribution < -0.4 is 5.73 Å². The molecule has 1 fully saturated rings. The van der Waals surface area contributed by atoms with Gasteiger partial charge in [-0.15, -0.1) is 12.4 Å². The second-order valence-electron chi connectivity index (χ2n) is 4.77. The van der Waals surface area contributed by atoms with Crippen molar-refractivity contribution in [3.8, 4) is 5.75 Å². The largest absolute Gasteiger partial charge is 0.505 e. The van der Waals surface area contributed by atoms with Crippen LogP contribution in [0.3, 0.4) is 0 Å². The fourth-order valence-corrected chi connectivity index (χ4v) is 2.57. The Morgan fingerprint density at radius 3 is 2.47 bits per heavy atom. The summed E-state index contributed by atoms with van der Waals surface area (Å²) in [5, 5.41) is 18.6. The molecule has 2 rings (SSSR count). The molecule has 4 nitrogen and oxygen atoms in total. The van der Waals surface area contributed by atoms with E-state index in [4.69, 9.17) is 10.8 Å². The molecule has 1 aliphatic carbocycles. The second kappa shape index (κ2) is 6.21. The number of aromatic hydroxyl groups is 1. The molecular weight excluding hydrogens is 273 g/mol. The van der Waals surface area contributed by atoms with Crippen LogP contribution in [0, 0.1) is 11.7 Å². The molecule has 0 spiro atoms. The van der Waals surface area contributed by atoms with E-state index in [2.05, 4.69) is 0 Å². The molecule has 0 unspecified atom stereocenters. The third-order valence-corrected chi connectivity index (χ3v) is 3.61. The summed E-state index contributed by atoms with van der Waals surface area (Å²) in [5.74, 6) is -2.51. The second-order valence-corrected chi connectivity index (χ2v) is 4.77. The third kappa shape index (κ3) is 3.16. The number of phenolic OH excluding ortho intramolecular Hbond substituents is 1. The molecule has 6 heteroatoms. The lowest BCUT2D eigenvalue weighted by atomic mass is 9.91. The molecule has 1 aliphatic rings. The zero-order valence-corrected chi connectivity index (χ0v) is 11.1. The number of phenols is 1. The van der Waals surface area contributed by atoms with E-state index in [-0.39, 0.29) is 29.5 Å². The minimum absolute atomic E-state index is 0. The van der Waals surface area contributed by atoms with Gasteiger partial charge in [-0.05, 0) is 30.9 Å². The average molecular weight is 290 g/mol. The van der Waals surface area contributed by atoms with Crippen LogP contribution in [-0.4, -0.2) is 16.2 Å². The molecule has 0 bridgehead atoms. The summed E-state index contributed by atoms with van der Waals surface area (Å²) >= 11 is 0. The van der Waals surface area contributed by atoms with E-state index in [0.29, 0.717) is 0 Å². The molecule has 0 heterocycles. The Hall–Kier alpha value is -1.33. The van der Waals surface area contributed by atoms with Crippen molar-refractivity contribution in [1.82, 2.24) is 0 Å². The van der Waals surface area contributed by atoms with Crippen molar-refractivity contribution in [3.05, 3.63) is 29.1 Å². The summed E-state index contributed by atoms with van der Waals surface area (Å²) in [7, 11) is 0. The van der Waals surface area contributed by atoms with Crippen LogP contribution in [0.5, 0.6) is 5.75 Å². The molecule has 19 heavy (non-hydrogen) atoms. The summed E-state index contributed by atoms with van der Waals surface area (Å²) in [4.78, 5) is 10.9. The third-order valence-electron chi connectivity index (χ3n) is 3.61. The Kier molecular flexibility index (Phi) is 5.14. The van der Waals surface area contributed by atoms with Crippen LogP contribution in [0.2, 0.25) is 0 Å². The summed E-state index contributed by atoms with van der Waals surface area (Å²) in [6, 6.07) is 1.56. The van der Waals surface area contributed by atoms with Crippen molar-refractivity contribution in [3.63, 3.8) is 0 Å². The minimum Gasteiger partial charge on any atom is -0.505 e. The van der Waals surface area contributed by atoms with E-state index in [1.54, 1.807) is 0 Å². The first-order valence-corrected chi connectivity index (χ1v) is 6.02. The molecule has 0 saturated heterocycles. The van der Waals surface area contributed by atoms with E-state index in [1.165, 1.54) is 6.07 Å². The maximum Gasteiger partial charge on any atom is 0.335 e. The molecule has 0 radical (unpaired) electrons. The Labute approximate surface area is 116 Å². The zero-order valence-electron chi connectivity index (χ0n) is 10.3. The molecule has 0 aliphatic heterocycles. The molecule has 1 aromatic rings. The van der Waals surface area contributed by atoms with Gasteiger partial charge in [0, 0.05) is 11.6 Å². The highest BCUT2D eigenvalue weighted by Crippen LogP contribution is 2.38. The highest BCUT2D eigenvalue weighted by atomic mass is 35.5. The van der Waals surface area contributed by atoms with Gasteiger partial charge in [-0.25, -0.2) is 9.18 Å². The first-order chi connectivity index (χ1) is 8.50. The van der Waals surface area contributed by atoms with Crippen LogP contribution in [-0.2, 0) is 0 Å². The number of rotatable bonds is 3. The van der Waals surface area contributed by atoms with Gasteiger partial charge in [0.1, 0.15) is 0 Å². The van der Waals surface area contributed by atoms with Gasteiger partial charge in [-0.2, -0.15) is 0 Å². The van der Waals surface area contributed by atoms with Crippen molar-refractivity contribution >= 4 is 18.4 Å². The lowest BCUT2D eigenvalue weighted by Crippen LogP contribution is -2.20. The molecule has 0 amide bonds. The quantitative estimate of drug-likeness (QED) is 0.799.